The summed E-state index contributed by atoms with van der Waals surface area (Å²) in [5.41, 5.74) is 1.54. The second-order valence-electron chi connectivity index (χ2n) is 4.24. The number of rotatable bonds is 6. The van der Waals surface area contributed by atoms with Gasteiger partial charge in [0.15, 0.2) is 5.58 Å². The molecule has 0 unspecified atom stereocenters. The van der Waals surface area contributed by atoms with Crippen molar-refractivity contribution in [3.8, 4) is 5.75 Å². The van der Waals surface area contributed by atoms with Crippen molar-refractivity contribution in [1.82, 2.24) is 10.3 Å². The maximum Gasteiger partial charge on any atom is 0.209 e. The molecule has 0 saturated heterocycles. The number of oxazole rings is 1. The van der Waals surface area contributed by atoms with Gasteiger partial charge < -0.3 is 19.6 Å². The molecule has 0 aliphatic heterocycles. The molecule has 0 aliphatic carbocycles. The molecular weight excluding hydrogens is 232 g/mol. The minimum absolute atomic E-state index is 0.179. The maximum absolute atomic E-state index is 8.81. The lowest BCUT2D eigenvalue weighted by molar-refractivity contribution is 0.267. The number of aliphatic hydroxyl groups excluding tert-OH is 1. The van der Waals surface area contributed by atoms with Gasteiger partial charge in [-0.05, 0) is 25.5 Å². The molecule has 2 rings (SSSR count). The fourth-order valence-electron chi connectivity index (χ4n) is 1.71. The highest BCUT2D eigenvalue weighted by Gasteiger charge is 2.08. The number of nitrogens with zero attached hydrogens (tertiary/aromatic N) is 1. The monoisotopic (exact) mass is 250 g/mol. The van der Waals surface area contributed by atoms with Gasteiger partial charge in [0, 0.05) is 18.7 Å². The molecule has 1 aromatic carbocycles. The molecule has 0 saturated carbocycles. The normalized spacial score (nSPS) is 12.8. The Balaban J connectivity index is 2.05. The first kappa shape index (κ1) is 12.9. The van der Waals surface area contributed by atoms with Gasteiger partial charge in [0.2, 0.25) is 5.89 Å². The predicted octanol–water partition coefficient (Wildman–Crippen LogP) is 1.70. The average Bonchev–Trinajstić information content (AvgIpc) is 2.78. The number of hydrogen-bond acceptors (Lipinski definition) is 5. The smallest absolute Gasteiger partial charge is 0.209 e. The largest absolute Gasteiger partial charge is 0.497 e. The van der Waals surface area contributed by atoms with Gasteiger partial charge in [-0.1, -0.05) is 0 Å². The molecule has 0 fully saturated rings. The van der Waals surface area contributed by atoms with E-state index in [1.54, 1.807) is 7.11 Å². The van der Waals surface area contributed by atoms with Gasteiger partial charge in [-0.15, -0.1) is 0 Å². The number of hydrogen-bond donors (Lipinski definition) is 2. The second-order valence-corrected chi connectivity index (χ2v) is 4.24. The zero-order valence-corrected chi connectivity index (χ0v) is 10.6. The van der Waals surface area contributed by atoms with Gasteiger partial charge in [-0.3, -0.25) is 0 Å². The summed E-state index contributed by atoms with van der Waals surface area (Å²) in [7, 11) is 1.63. The molecule has 1 atom stereocenters. The molecule has 98 valence electrons. The van der Waals surface area contributed by atoms with Gasteiger partial charge in [0.25, 0.3) is 0 Å². The van der Waals surface area contributed by atoms with Crippen molar-refractivity contribution >= 4 is 11.1 Å². The van der Waals surface area contributed by atoms with E-state index in [2.05, 4.69) is 10.3 Å². The zero-order chi connectivity index (χ0) is 13.0. The predicted molar refractivity (Wildman–Crippen MR) is 68.6 cm³/mol. The first-order valence-corrected chi connectivity index (χ1v) is 6.00. The summed E-state index contributed by atoms with van der Waals surface area (Å²) in [6.45, 7) is 2.75. The minimum atomic E-state index is 0.179. The third-order valence-electron chi connectivity index (χ3n) is 2.80. The number of methoxy groups -OCH3 is 1. The molecule has 2 aromatic rings. The summed E-state index contributed by atoms with van der Waals surface area (Å²) < 4.78 is 10.7. The fourth-order valence-corrected chi connectivity index (χ4v) is 1.71. The Bertz CT molecular complexity index is 510. The Kier molecular flexibility index (Phi) is 4.17. The molecule has 18 heavy (non-hydrogen) atoms. The van der Waals surface area contributed by atoms with Crippen LogP contribution in [-0.4, -0.2) is 29.8 Å². The highest BCUT2D eigenvalue weighted by atomic mass is 16.5. The lowest BCUT2D eigenvalue weighted by Crippen LogP contribution is -2.26. The molecular formula is C13H18N2O3. The molecule has 0 spiro atoms. The van der Waals surface area contributed by atoms with Crippen molar-refractivity contribution in [2.75, 3.05) is 13.7 Å². The molecule has 0 bridgehead atoms. The van der Waals surface area contributed by atoms with Crippen molar-refractivity contribution in [3.05, 3.63) is 24.1 Å². The summed E-state index contributed by atoms with van der Waals surface area (Å²) >= 11 is 0. The minimum Gasteiger partial charge on any atom is -0.497 e. The lowest BCUT2D eigenvalue weighted by atomic mass is 10.2. The van der Waals surface area contributed by atoms with Gasteiger partial charge in [-0.25, -0.2) is 4.98 Å². The number of aliphatic hydroxyl groups is 1. The second kappa shape index (κ2) is 5.84. The van der Waals surface area contributed by atoms with Crippen molar-refractivity contribution < 1.29 is 14.3 Å². The molecule has 5 heteroatoms. The molecule has 0 radical (unpaired) electrons. The van der Waals surface area contributed by atoms with E-state index in [0.29, 0.717) is 18.9 Å². The van der Waals surface area contributed by atoms with Crippen LogP contribution in [0, 0.1) is 0 Å². The summed E-state index contributed by atoms with van der Waals surface area (Å²) in [5.74, 6) is 1.41. The van der Waals surface area contributed by atoms with Crippen LogP contribution in [0.15, 0.2) is 22.6 Å². The Morgan fingerprint density at radius 2 is 2.33 bits per heavy atom. The van der Waals surface area contributed by atoms with Crippen LogP contribution in [0.4, 0.5) is 0 Å². The molecule has 2 N–H and O–H groups in total. The standard InChI is InChI=1S/C13H18N2O3/c1-9(5-6-16)14-8-13-15-11-7-10(17-2)3-4-12(11)18-13/h3-4,7,9,14,16H,5-6,8H2,1-2H3/t9-/m0/s1. The molecule has 0 amide bonds. The van der Waals surface area contributed by atoms with E-state index in [-0.39, 0.29) is 12.6 Å². The number of ether oxygens (including phenoxy) is 1. The van der Waals surface area contributed by atoms with Crippen LogP contribution in [0.1, 0.15) is 19.2 Å². The average molecular weight is 250 g/mol. The van der Waals surface area contributed by atoms with E-state index in [4.69, 9.17) is 14.3 Å². The van der Waals surface area contributed by atoms with Crippen molar-refractivity contribution in [3.63, 3.8) is 0 Å². The molecule has 0 aliphatic rings. The summed E-state index contributed by atoms with van der Waals surface area (Å²) in [6, 6.07) is 5.78. The van der Waals surface area contributed by atoms with E-state index in [9.17, 15) is 0 Å². The van der Waals surface area contributed by atoms with Crippen LogP contribution in [0.2, 0.25) is 0 Å². The first-order chi connectivity index (χ1) is 8.72. The Labute approximate surface area is 106 Å². The van der Waals surface area contributed by atoms with E-state index >= 15 is 0 Å². The summed E-state index contributed by atoms with van der Waals surface area (Å²) in [5, 5.41) is 12.1. The van der Waals surface area contributed by atoms with Crippen molar-refractivity contribution in [2.24, 2.45) is 0 Å². The third-order valence-corrected chi connectivity index (χ3v) is 2.80. The van der Waals surface area contributed by atoms with Gasteiger partial charge in [0.05, 0.1) is 13.7 Å². The maximum atomic E-state index is 8.81. The molecule has 1 aromatic heterocycles. The molecule has 5 nitrogen and oxygen atoms in total. The fraction of sp³-hybridized carbons (Fsp3) is 0.462. The van der Waals surface area contributed by atoms with Gasteiger partial charge >= 0.3 is 0 Å². The number of nitrogens with one attached hydrogen (secondary N) is 1. The van der Waals surface area contributed by atoms with Crippen LogP contribution in [0.3, 0.4) is 0 Å². The number of aromatic nitrogens is 1. The van der Waals surface area contributed by atoms with Crippen LogP contribution < -0.4 is 10.1 Å². The van der Waals surface area contributed by atoms with Crippen molar-refractivity contribution in [2.45, 2.75) is 25.9 Å². The van der Waals surface area contributed by atoms with Crippen molar-refractivity contribution in [1.29, 1.82) is 0 Å². The highest BCUT2D eigenvalue weighted by molar-refractivity contribution is 5.74. The van der Waals surface area contributed by atoms with Gasteiger partial charge in [-0.2, -0.15) is 0 Å². The van der Waals surface area contributed by atoms with Crippen LogP contribution in [0.5, 0.6) is 5.75 Å². The Hall–Kier alpha value is -1.59. The van der Waals surface area contributed by atoms with Crippen LogP contribution in [0.25, 0.3) is 11.1 Å². The van der Waals surface area contributed by atoms with Crippen LogP contribution in [-0.2, 0) is 6.54 Å². The van der Waals surface area contributed by atoms with Gasteiger partial charge in [0.1, 0.15) is 11.3 Å². The lowest BCUT2D eigenvalue weighted by Gasteiger charge is -2.09. The van der Waals surface area contributed by atoms with Crippen LogP contribution >= 0.6 is 0 Å². The Morgan fingerprint density at radius 3 is 3.06 bits per heavy atom. The number of benzene rings is 1. The highest BCUT2D eigenvalue weighted by Crippen LogP contribution is 2.21. The topological polar surface area (TPSA) is 67.5 Å². The van der Waals surface area contributed by atoms with E-state index < -0.39 is 0 Å². The number of fused-ring (bicyclic) bond motifs is 1. The van der Waals surface area contributed by atoms with E-state index in [1.165, 1.54) is 0 Å². The summed E-state index contributed by atoms with van der Waals surface area (Å²) in [4.78, 5) is 4.38. The summed E-state index contributed by atoms with van der Waals surface area (Å²) in [6.07, 6.45) is 0.716. The zero-order valence-electron chi connectivity index (χ0n) is 10.6. The van der Waals surface area contributed by atoms with E-state index in [0.717, 1.165) is 16.8 Å². The molecule has 1 heterocycles. The van der Waals surface area contributed by atoms with E-state index in [1.807, 2.05) is 25.1 Å². The Morgan fingerprint density at radius 1 is 1.50 bits per heavy atom. The quantitative estimate of drug-likeness (QED) is 0.816. The SMILES string of the molecule is COc1ccc2oc(CN[C@@H](C)CCO)nc2c1. The first-order valence-electron chi connectivity index (χ1n) is 6.00. The third kappa shape index (κ3) is 3.00.